The minimum absolute atomic E-state index is 0.0298. The van der Waals surface area contributed by atoms with Crippen LogP contribution in [0.4, 0.5) is 5.69 Å². The molecule has 1 saturated heterocycles. The molecule has 2 rings (SSSR count). The molecular weight excluding hydrogens is 412 g/mol. The number of hydrogen-bond acceptors (Lipinski definition) is 8. The van der Waals surface area contributed by atoms with Crippen molar-refractivity contribution in [1.82, 2.24) is 4.72 Å². The van der Waals surface area contributed by atoms with Crippen molar-refractivity contribution in [3.05, 3.63) is 18.2 Å². The molecule has 0 spiro atoms. The number of carbonyl (C=O) groups is 1. The van der Waals surface area contributed by atoms with E-state index in [-0.39, 0.29) is 35.2 Å². The first kappa shape index (κ1) is 22.6. The van der Waals surface area contributed by atoms with E-state index in [1.165, 1.54) is 33.3 Å². The van der Waals surface area contributed by atoms with E-state index in [9.17, 15) is 21.6 Å². The van der Waals surface area contributed by atoms with E-state index in [1.54, 1.807) is 6.92 Å². The Labute approximate surface area is 164 Å². The molecule has 158 valence electrons. The molecule has 1 aromatic carbocycles. The predicted molar refractivity (Wildman–Crippen MR) is 101 cm³/mol. The van der Waals surface area contributed by atoms with Gasteiger partial charge >= 0.3 is 0 Å². The molecule has 1 aliphatic rings. The van der Waals surface area contributed by atoms with Gasteiger partial charge in [-0.05, 0) is 25.1 Å². The third-order valence-electron chi connectivity index (χ3n) is 4.08. The maximum absolute atomic E-state index is 12.8. The second kappa shape index (κ2) is 8.74. The van der Waals surface area contributed by atoms with Gasteiger partial charge in [0, 0.05) is 14.2 Å². The molecular formula is C16H24N2O8S2. The number of carbonyl (C=O) groups excluding carboxylic acids is 1. The zero-order chi connectivity index (χ0) is 21.1. The number of anilines is 1. The number of nitrogens with zero attached hydrogens (tertiary/aromatic N) is 1. The van der Waals surface area contributed by atoms with E-state index in [2.05, 4.69) is 4.72 Å². The van der Waals surface area contributed by atoms with Crippen molar-refractivity contribution in [3.8, 4) is 5.75 Å². The highest BCUT2D eigenvalue weighted by Crippen LogP contribution is 2.34. The molecule has 0 aliphatic carbocycles. The average molecular weight is 437 g/mol. The van der Waals surface area contributed by atoms with Crippen LogP contribution in [0.2, 0.25) is 0 Å². The van der Waals surface area contributed by atoms with Gasteiger partial charge in [0.1, 0.15) is 10.6 Å². The summed E-state index contributed by atoms with van der Waals surface area (Å²) in [7, 11) is -5.27. The molecule has 28 heavy (non-hydrogen) atoms. The largest absolute Gasteiger partial charge is 0.492 e. The Morgan fingerprint density at radius 3 is 2.43 bits per heavy atom. The van der Waals surface area contributed by atoms with Crippen molar-refractivity contribution in [2.75, 3.05) is 37.4 Å². The molecule has 0 aromatic heterocycles. The van der Waals surface area contributed by atoms with Gasteiger partial charge in [-0.2, -0.15) is 0 Å². The van der Waals surface area contributed by atoms with E-state index in [0.29, 0.717) is 4.31 Å². The Morgan fingerprint density at radius 2 is 1.93 bits per heavy atom. The van der Waals surface area contributed by atoms with Crippen molar-refractivity contribution in [2.45, 2.75) is 25.0 Å². The van der Waals surface area contributed by atoms with E-state index in [0.717, 1.165) is 6.07 Å². The van der Waals surface area contributed by atoms with E-state index < -0.39 is 38.2 Å². The standard InChI is InChI=1S/C16H24N2O8S2/c1-5-26-13-7-6-12(18-16(19)11(2)10-27(18,20)21)8-14(13)28(22,23)17-9-15(24-3)25-4/h6-8,11,15,17H,5,9-10H2,1-4H3. The van der Waals surface area contributed by atoms with Crippen molar-refractivity contribution < 1.29 is 35.8 Å². The molecule has 1 atom stereocenters. The summed E-state index contributed by atoms with van der Waals surface area (Å²) in [6.45, 7) is 3.20. The zero-order valence-electron chi connectivity index (χ0n) is 16.0. The minimum Gasteiger partial charge on any atom is -0.492 e. The van der Waals surface area contributed by atoms with Crippen molar-refractivity contribution >= 4 is 31.6 Å². The summed E-state index contributed by atoms with van der Waals surface area (Å²) < 4.78 is 68.4. The van der Waals surface area contributed by atoms with Gasteiger partial charge in [0.25, 0.3) is 0 Å². The number of methoxy groups -OCH3 is 2. The van der Waals surface area contributed by atoms with E-state index in [4.69, 9.17) is 14.2 Å². The number of ether oxygens (including phenoxy) is 3. The molecule has 10 nitrogen and oxygen atoms in total. The van der Waals surface area contributed by atoms with Crippen LogP contribution in [0.5, 0.6) is 5.75 Å². The molecule has 0 radical (unpaired) electrons. The average Bonchev–Trinajstić information content (AvgIpc) is 2.83. The van der Waals surface area contributed by atoms with Crippen LogP contribution >= 0.6 is 0 Å². The summed E-state index contributed by atoms with van der Waals surface area (Å²) in [4.78, 5) is 12.0. The van der Waals surface area contributed by atoms with Gasteiger partial charge in [0.15, 0.2) is 6.29 Å². The van der Waals surface area contributed by atoms with Crippen molar-refractivity contribution in [3.63, 3.8) is 0 Å². The van der Waals surface area contributed by atoms with Gasteiger partial charge in [-0.15, -0.1) is 0 Å². The molecule has 1 N–H and O–H groups in total. The first-order chi connectivity index (χ1) is 13.1. The van der Waals surface area contributed by atoms with Crippen LogP contribution in [0.15, 0.2) is 23.1 Å². The fraction of sp³-hybridized carbons (Fsp3) is 0.562. The van der Waals surface area contributed by atoms with Crippen LogP contribution in [-0.2, 0) is 34.3 Å². The summed E-state index contributed by atoms with van der Waals surface area (Å²) >= 11 is 0. The van der Waals surface area contributed by atoms with Crippen LogP contribution < -0.4 is 13.8 Å². The van der Waals surface area contributed by atoms with Crippen LogP contribution in [0.3, 0.4) is 0 Å². The lowest BCUT2D eigenvalue weighted by Crippen LogP contribution is -2.35. The van der Waals surface area contributed by atoms with Gasteiger partial charge in [-0.3, -0.25) is 4.79 Å². The summed E-state index contributed by atoms with van der Waals surface area (Å²) in [5.41, 5.74) is -0.0618. The smallest absolute Gasteiger partial charge is 0.244 e. The Morgan fingerprint density at radius 1 is 1.29 bits per heavy atom. The molecule has 1 aromatic rings. The van der Waals surface area contributed by atoms with Crippen LogP contribution in [0.1, 0.15) is 13.8 Å². The Kier molecular flexibility index (Phi) is 7.04. The van der Waals surface area contributed by atoms with Crippen LogP contribution in [0.25, 0.3) is 0 Å². The van der Waals surface area contributed by atoms with Gasteiger partial charge in [0.2, 0.25) is 26.0 Å². The number of rotatable bonds is 9. The maximum Gasteiger partial charge on any atom is 0.244 e. The number of amides is 1. The highest BCUT2D eigenvalue weighted by Gasteiger charge is 2.42. The number of benzene rings is 1. The van der Waals surface area contributed by atoms with Gasteiger partial charge in [-0.25, -0.2) is 25.9 Å². The zero-order valence-corrected chi connectivity index (χ0v) is 17.7. The van der Waals surface area contributed by atoms with Crippen molar-refractivity contribution in [1.29, 1.82) is 0 Å². The fourth-order valence-corrected chi connectivity index (χ4v) is 5.70. The number of sulfonamides is 2. The van der Waals surface area contributed by atoms with Crippen LogP contribution in [0, 0.1) is 5.92 Å². The summed E-state index contributed by atoms with van der Waals surface area (Å²) in [5, 5.41) is 0. The topological polar surface area (TPSA) is 128 Å². The molecule has 1 aliphatic heterocycles. The number of hydrogen-bond donors (Lipinski definition) is 1. The van der Waals surface area contributed by atoms with Crippen molar-refractivity contribution in [2.24, 2.45) is 5.92 Å². The van der Waals surface area contributed by atoms with Gasteiger partial charge in [0.05, 0.1) is 30.5 Å². The Balaban J connectivity index is 2.48. The summed E-state index contributed by atoms with van der Waals surface area (Å²) in [6.07, 6.45) is -0.810. The lowest BCUT2D eigenvalue weighted by Gasteiger charge is -2.19. The Bertz CT molecular complexity index is 926. The third kappa shape index (κ3) is 4.63. The molecule has 1 amide bonds. The molecule has 12 heteroatoms. The first-order valence-corrected chi connectivity index (χ1v) is 11.6. The van der Waals surface area contributed by atoms with E-state index in [1.807, 2.05) is 0 Å². The highest BCUT2D eigenvalue weighted by molar-refractivity contribution is 7.94. The normalized spacial score (nSPS) is 19.4. The lowest BCUT2D eigenvalue weighted by atomic mass is 10.2. The van der Waals surface area contributed by atoms with E-state index >= 15 is 0 Å². The quantitative estimate of drug-likeness (QED) is 0.547. The van der Waals surface area contributed by atoms with Crippen LogP contribution in [-0.4, -0.2) is 62.2 Å². The molecule has 1 unspecified atom stereocenters. The molecule has 0 bridgehead atoms. The SMILES string of the molecule is CCOc1ccc(N2C(=O)C(C)CS2(=O)=O)cc1S(=O)(=O)NCC(OC)OC. The van der Waals surface area contributed by atoms with Gasteiger partial charge in [-0.1, -0.05) is 6.92 Å². The second-order valence-corrected chi connectivity index (χ2v) is 9.70. The molecule has 0 saturated carbocycles. The third-order valence-corrected chi connectivity index (χ3v) is 7.39. The lowest BCUT2D eigenvalue weighted by molar-refractivity contribution is -0.119. The molecule has 1 heterocycles. The summed E-state index contributed by atoms with van der Waals surface area (Å²) in [5.74, 6) is -1.62. The summed E-state index contributed by atoms with van der Waals surface area (Å²) in [6, 6.07) is 3.77. The number of nitrogens with one attached hydrogen (secondary N) is 1. The van der Waals surface area contributed by atoms with Gasteiger partial charge < -0.3 is 14.2 Å². The predicted octanol–water partition coefficient (Wildman–Crippen LogP) is 0.295. The minimum atomic E-state index is -4.12. The fourth-order valence-electron chi connectivity index (χ4n) is 2.71. The second-order valence-electron chi connectivity index (χ2n) is 6.10. The monoisotopic (exact) mass is 436 g/mol. The molecule has 1 fully saturated rings. The Hall–Kier alpha value is -1.73. The maximum atomic E-state index is 12.8. The first-order valence-electron chi connectivity index (χ1n) is 8.46. The highest BCUT2D eigenvalue weighted by atomic mass is 32.2.